The molecule has 0 fully saturated rings. The molecule has 0 saturated heterocycles. The fourth-order valence-corrected chi connectivity index (χ4v) is 2.78. The monoisotopic (exact) mass is 356 g/mol. The van der Waals surface area contributed by atoms with Crippen LogP contribution in [0.3, 0.4) is 0 Å². The van der Waals surface area contributed by atoms with Crippen LogP contribution in [0, 0.1) is 0 Å². The van der Waals surface area contributed by atoms with Crippen molar-refractivity contribution in [3.63, 3.8) is 0 Å². The van der Waals surface area contributed by atoms with Gasteiger partial charge >= 0.3 is 0 Å². The van der Waals surface area contributed by atoms with Gasteiger partial charge in [-0.25, -0.2) is 0 Å². The molecule has 26 heavy (non-hydrogen) atoms. The van der Waals surface area contributed by atoms with Crippen LogP contribution in [0.15, 0.2) is 42.5 Å². The zero-order chi connectivity index (χ0) is 19.2. The fourth-order valence-electron chi connectivity index (χ4n) is 2.78. The summed E-state index contributed by atoms with van der Waals surface area (Å²) in [6, 6.07) is 13.5. The number of carbonyl (C=O) groups excluding carboxylic acids is 1. The Hall–Kier alpha value is -2.69. The molecule has 1 amide bonds. The minimum atomic E-state index is -0.235. The molecule has 0 aromatic heterocycles. The quantitative estimate of drug-likeness (QED) is 0.712. The molecule has 2 aromatic rings. The van der Waals surface area contributed by atoms with Crippen molar-refractivity contribution in [2.24, 2.45) is 0 Å². The van der Waals surface area contributed by atoms with Crippen LogP contribution in [-0.4, -0.2) is 26.7 Å². The van der Waals surface area contributed by atoms with Gasteiger partial charge in [0.15, 0.2) is 11.5 Å². The van der Waals surface area contributed by atoms with E-state index in [4.69, 9.17) is 15.2 Å². The lowest BCUT2D eigenvalue weighted by molar-refractivity contribution is -0.121. The molecule has 2 rings (SSSR count). The number of rotatable bonds is 8. The maximum absolute atomic E-state index is 12.2. The number of para-hydroxylation sites is 1. The summed E-state index contributed by atoms with van der Waals surface area (Å²) in [5, 5.41) is 3.03. The second-order valence-electron chi connectivity index (χ2n) is 6.93. The summed E-state index contributed by atoms with van der Waals surface area (Å²) in [6.07, 6.45) is 1.05. The Bertz CT molecular complexity index is 757. The molecule has 2 aromatic carbocycles. The smallest absolute Gasteiger partial charge is 0.220 e. The number of nitrogens with one attached hydrogen (secondary N) is 1. The van der Waals surface area contributed by atoms with Gasteiger partial charge in [-0.05, 0) is 35.7 Å². The maximum atomic E-state index is 12.2. The van der Waals surface area contributed by atoms with Gasteiger partial charge in [-0.1, -0.05) is 38.1 Å². The highest BCUT2D eigenvalue weighted by Crippen LogP contribution is 2.32. The van der Waals surface area contributed by atoms with Gasteiger partial charge in [-0.2, -0.15) is 0 Å². The summed E-state index contributed by atoms with van der Waals surface area (Å²) >= 11 is 0. The number of methoxy groups -OCH3 is 2. The Kier molecular flexibility index (Phi) is 6.50. The van der Waals surface area contributed by atoms with E-state index in [9.17, 15) is 4.79 Å². The van der Waals surface area contributed by atoms with E-state index in [1.54, 1.807) is 14.2 Å². The summed E-state index contributed by atoms with van der Waals surface area (Å²) in [5.41, 5.74) is 8.49. The van der Waals surface area contributed by atoms with Crippen LogP contribution in [0.25, 0.3) is 0 Å². The van der Waals surface area contributed by atoms with Gasteiger partial charge < -0.3 is 20.5 Å². The highest BCUT2D eigenvalue weighted by atomic mass is 16.5. The molecular formula is C21H28N2O3. The molecule has 0 spiro atoms. The average Bonchev–Trinajstić information content (AvgIpc) is 2.65. The number of amides is 1. The maximum Gasteiger partial charge on any atom is 0.220 e. The molecule has 0 aliphatic rings. The van der Waals surface area contributed by atoms with E-state index in [0.29, 0.717) is 30.9 Å². The van der Waals surface area contributed by atoms with E-state index in [1.807, 2.05) is 42.5 Å². The summed E-state index contributed by atoms with van der Waals surface area (Å²) in [5.74, 6) is 1.39. The molecule has 0 saturated carbocycles. The van der Waals surface area contributed by atoms with E-state index in [1.165, 1.54) is 0 Å². The third-order valence-corrected chi connectivity index (χ3v) is 4.57. The minimum absolute atomic E-state index is 0.0156. The molecule has 0 aliphatic heterocycles. The second-order valence-corrected chi connectivity index (χ2v) is 6.93. The Morgan fingerprint density at radius 1 is 1.08 bits per heavy atom. The molecule has 0 atom stereocenters. The largest absolute Gasteiger partial charge is 0.493 e. The standard InChI is InChI=1S/C21H28N2O3/c1-21(2,16-10-11-18(25-3)19(13-16)26-4)14-23-20(24)12-9-15-7-5-6-8-17(15)22/h5-8,10-11,13H,9,12,14,22H2,1-4H3,(H,23,24). The number of hydrogen-bond acceptors (Lipinski definition) is 4. The van der Waals surface area contributed by atoms with E-state index in [0.717, 1.165) is 16.8 Å². The molecule has 5 heteroatoms. The number of nitrogens with two attached hydrogens (primary N) is 1. The van der Waals surface area contributed by atoms with Gasteiger partial charge in [0.2, 0.25) is 5.91 Å². The predicted molar refractivity (Wildman–Crippen MR) is 105 cm³/mol. The number of benzene rings is 2. The van der Waals surface area contributed by atoms with Gasteiger partial charge in [0.05, 0.1) is 14.2 Å². The number of anilines is 1. The van der Waals surface area contributed by atoms with Gasteiger partial charge in [0.25, 0.3) is 0 Å². The summed E-state index contributed by atoms with van der Waals surface area (Å²) < 4.78 is 10.7. The van der Waals surface area contributed by atoms with Crippen molar-refractivity contribution in [1.29, 1.82) is 0 Å². The van der Waals surface area contributed by atoms with E-state index in [2.05, 4.69) is 19.2 Å². The van der Waals surface area contributed by atoms with Crippen LogP contribution in [0.1, 0.15) is 31.4 Å². The van der Waals surface area contributed by atoms with E-state index in [-0.39, 0.29) is 11.3 Å². The van der Waals surface area contributed by atoms with Crippen LogP contribution in [0.5, 0.6) is 11.5 Å². The van der Waals surface area contributed by atoms with Crippen molar-refractivity contribution in [1.82, 2.24) is 5.32 Å². The van der Waals surface area contributed by atoms with Crippen LogP contribution in [-0.2, 0) is 16.6 Å². The molecule has 0 radical (unpaired) electrons. The summed E-state index contributed by atoms with van der Waals surface area (Å²) in [6.45, 7) is 4.71. The highest BCUT2D eigenvalue weighted by molar-refractivity contribution is 5.76. The molecule has 0 unspecified atom stereocenters. The topological polar surface area (TPSA) is 73.6 Å². The van der Waals surface area contributed by atoms with Crippen molar-refractivity contribution in [2.45, 2.75) is 32.1 Å². The molecule has 140 valence electrons. The first kappa shape index (κ1) is 19.6. The van der Waals surface area contributed by atoms with Crippen LogP contribution < -0.4 is 20.5 Å². The normalized spacial score (nSPS) is 11.1. The van der Waals surface area contributed by atoms with Crippen molar-refractivity contribution >= 4 is 11.6 Å². The Morgan fingerprint density at radius 3 is 2.42 bits per heavy atom. The van der Waals surface area contributed by atoms with Gasteiger partial charge in [0.1, 0.15) is 0 Å². The first-order chi connectivity index (χ1) is 12.4. The van der Waals surface area contributed by atoms with Gasteiger partial charge in [0, 0.05) is 24.1 Å². The van der Waals surface area contributed by atoms with E-state index < -0.39 is 0 Å². The Morgan fingerprint density at radius 2 is 1.77 bits per heavy atom. The average molecular weight is 356 g/mol. The summed E-state index contributed by atoms with van der Waals surface area (Å²) in [4.78, 5) is 12.2. The lowest BCUT2D eigenvalue weighted by atomic mass is 9.84. The SMILES string of the molecule is COc1ccc(C(C)(C)CNC(=O)CCc2ccccc2N)cc1OC. The number of carbonyl (C=O) groups is 1. The van der Waals surface area contributed by atoms with Crippen molar-refractivity contribution in [2.75, 3.05) is 26.5 Å². The van der Waals surface area contributed by atoms with Gasteiger partial charge in [-0.15, -0.1) is 0 Å². The summed E-state index contributed by atoms with van der Waals surface area (Å²) in [7, 11) is 3.23. The number of nitrogen functional groups attached to an aromatic ring is 1. The van der Waals surface area contributed by atoms with Crippen molar-refractivity contribution in [3.8, 4) is 11.5 Å². The molecule has 0 aliphatic carbocycles. The molecular weight excluding hydrogens is 328 g/mol. The lowest BCUT2D eigenvalue weighted by Crippen LogP contribution is -2.36. The van der Waals surface area contributed by atoms with Crippen LogP contribution in [0.4, 0.5) is 5.69 Å². The first-order valence-electron chi connectivity index (χ1n) is 8.70. The highest BCUT2D eigenvalue weighted by Gasteiger charge is 2.23. The Labute approximate surface area is 155 Å². The van der Waals surface area contributed by atoms with Crippen molar-refractivity contribution < 1.29 is 14.3 Å². The zero-order valence-corrected chi connectivity index (χ0v) is 16.0. The third kappa shape index (κ3) is 4.91. The van der Waals surface area contributed by atoms with Gasteiger partial charge in [-0.3, -0.25) is 4.79 Å². The molecule has 3 N–H and O–H groups in total. The number of aryl methyl sites for hydroxylation is 1. The third-order valence-electron chi connectivity index (χ3n) is 4.57. The molecule has 0 bridgehead atoms. The first-order valence-corrected chi connectivity index (χ1v) is 8.70. The van der Waals surface area contributed by atoms with Crippen molar-refractivity contribution in [3.05, 3.63) is 53.6 Å². The minimum Gasteiger partial charge on any atom is -0.493 e. The second kappa shape index (κ2) is 8.61. The number of ether oxygens (including phenoxy) is 2. The fraction of sp³-hybridized carbons (Fsp3) is 0.381. The van der Waals surface area contributed by atoms with E-state index >= 15 is 0 Å². The molecule has 5 nitrogen and oxygen atoms in total. The zero-order valence-electron chi connectivity index (χ0n) is 16.0. The lowest BCUT2D eigenvalue weighted by Gasteiger charge is -2.26. The van der Waals surface area contributed by atoms with Crippen LogP contribution >= 0.6 is 0 Å². The molecule has 0 heterocycles. The Balaban J connectivity index is 1.94. The van der Waals surface area contributed by atoms with Crippen LogP contribution in [0.2, 0.25) is 0 Å². The number of hydrogen-bond donors (Lipinski definition) is 2. The predicted octanol–water partition coefficient (Wildman–Crippen LogP) is 3.31.